The van der Waals surface area contributed by atoms with Gasteiger partial charge in [0.25, 0.3) is 0 Å². The van der Waals surface area contributed by atoms with E-state index in [0.717, 1.165) is 39.0 Å². The molecule has 0 heterocycles. The van der Waals surface area contributed by atoms with Crippen LogP contribution in [0.2, 0.25) is 0 Å². The average Bonchev–Trinajstić information content (AvgIpc) is 2.51. The number of halogens is 1. The van der Waals surface area contributed by atoms with Crippen LogP contribution in [-0.4, -0.2) is 51.3 Å². The summed E-state index contributed by atoms with van der Waals surface area (Å²) in [5, 5.41) is 9.28. The lowest BCUT2D eigenvalue weighted by atomic mass is 9.95. The topological polar surface area (TPSA) is 74.8 Å². The van der Waals surface area contributed by atoms with Crippen molar-refractivity contribution < 1.29 is 9.53 Å². The van der Waals surface area contributed by atoms with Gasteiger partial charge in [-0.25, -0.2) is 0 Å². The molecule has 7 heteroatoms. The summed E-state index contributed by atoms with van der Waals surface area (Å²) >= 11 is 0. The molecule has 1 rings (SSSR count). The van der Waals surface area contributed by atoms with Crippen molar-refractivity contribution in [2.45, 2.75) is 51.5 Å². The molecule has 6 nitrogen and oxygen atoms in total. The first kappa shape index (κ1) is 21.4. The number of amides is 1. The number of rotatable bonds is 8. The molecule has 22 heavy (non-hydrogen) atoms. The Morgan fingerprint density at radius 3 is 2.59 bits per heavy atom. The summed E-state index contributed by atoms with van der Waals surface area (Å²) in [6.07, 6.45) is 6.88. The van der Waals surface area contributed by atoms with Crippen molar-refractivity contribution in [1.29, 1.82) is 0 Å². The number of nitrogens with one attached hydrogen (secondary N) is 3. The van der Waals surface area contributed by atoms with E-state index in [9.17, 15) is 4.79 Å². The number of aliphatic imine (C=N–C) groups is 1. The first-order valence-electron chi connectivity index (χ1n) is 8.08. The average molecular weight is 426 g/mol. The van der Waals surface area contributed by atoms with Gasteiger partial charge in [0.05, 0.1) is 6.54 Å². The predicted octanol–water partition coefficient (Wildman–Crippen LogP) is 1.64. The van der Waals surface area contributed by atoms with Gasteiger partial charge >= 0.3 is 0 Å². The van der Waals surface area contributed by atoms with Crippen LogP contribution in [0.25, 0.3) is 0 Å². The second kappa shape index (κ2) is 14.0. The third-order valence-electron chi connectivity index (χ3n) is 3.57. The van der Waals surface area contributed by atoms with Crippen molar-refractivity contribution in [3.05, 3.63) is 0 Å². The van der Waals surface area contributed by atoms with E-state index in [4.69, 9.17) is 4.74 Å². The van der Waals surface area contributed by atoms with Gasteiger partial charge in [-0.05, 0) is 26.2 Å². The summed E-state index contributed by atoms with van der Waals surface area (Å²) < 4.78 is 5.27. The van der Waals surface area contributed by atoms with E-state index < -0.39 is 0 Å². The third-order valence-corrected chi connectivity index (χ3v) is 3.57. The largest absolute Gasteiger partial charge is 0.382 e. The van der Waals surface area contributed by atoms with Gasteiger partial charge in [-0.15, -0.1) is 24.0 Å². The molecule has 1 aliphatic rings. The fraction of sp³-hybridized carbons (Fsp3) is 0.867. The lowest BCUT2D eigenvalue weighted by molar-refractivity contribution is -0.120. The molecule has 0 aromatic heterocycles. The van der Waals surface area contributed by atoms with Gasteiger partial charge in [0.2, 0.25) is 5.91 Å². The Hall–Kier alpha value is -0.570. The van der Waals surface area contributed by atoms with Crippen molar-refractivity contribution in [2.24, 2.45) is 4.99 Å². The number of hydrogen-bond acceptors (Lipinski definition) is 3. The van der Waals surface area contributed by atoms with Gasteiger partial charge in [0, 0.05) is 32.8 Å². The SMILES string of the molecule is CCOCCCNC(=NC)NCC(=O)NC1CCCCC1.I. The molecule has 0 bridgehead atoms. The molecule has 1 saturated carbocycles. The molecule has 1 amide bonds. The zero-order valence-electron chi connectivity index (χ0n) is 13.8. The molecule has 1 fully saturated rings. The van der Waals surface area contributed by atoms with Crippen molar-refractivity contribution in [1.82, 2.24) is 16.0 Å². The van der Waals surface area contributed by atoms with E-state index in [0.29, 0.717) is 12.0 Å². The summed E-state index contributed by atoms with van der Waals surface area (Å²) in [7, 11) is 1.71. The lowest BCUT2D eigenvalue weighted by Crippen LogP contribution is -2.46. The van der Waals surface area contributed by atoms with Crippen LogP contribution in [0.4, 0.5) is 0 Å². The van der Waals surface area contributed by atoms with Crippen LogP contribution in [0, 0.1) is 0 Å². The molecule has 0 spiro atoms. The lowest BCUT2D eigenvalue weighted by Gasteiger charge is -2.23. The number of carbonyl (C=O) groups excluding carboxylic acids is 1. The summed E-state index contributed by atoms with van der Waals surface area (Å²) in [6.45, 7) is 4.52. The maximum Gasteiger partial charge on any atom is 0.239 e. The molecule has 0 unspecified atom stereocenters. The van der Waals surface area contributed by atoms with E-state index in [1.165, 1.54) is 19.3 Å². The van der Waals surface area contributed by atoms with Gasteiger partial charge in [0.15, 0.2) is 5.96 Å². The Bertz CT molecular complexity index is 321. The minimum absolute atomic E-state index is 0. The highest BCUT2D eigenvalue weighted by Gasteiger charge is 2.15. The second-order valence-electron chi connectivity index (χ2n) is 5.31. The molecule has 0 aliphatic heterocycles. The van der Waals surface area contributed by atoms with Crippen molar-refractivity contribution >= 4 is 35.8 Å². The Balaban J connectivity index is 0.00000441. The first-order valence-corrected chi connectivity index (χ1v) is 8.08. The minimum Gasteiger partial charge on any atom is -0.382 e. The van der Waals surface area contributed by atoms with Gasteiger partial charge in [-0.3, -0.25) is 9.79 Å². The molecule has 0 atom stereocenters. The molecular formula is C15H31IN4O2. The summed E-state index contributed by atoms with van der Waals surface area (Å²) in [6, 6.07) is 0.356. The molecule has 1 aliphatic carbocycles. The van der Waals surface area contributed by atoms with E-state index in [1.807, 2.05) is 6.92 Å². The van der Waals surface area contributed by atoms with E-state index in [1.54, 1.807) is 7.05 Å². The zero-order valence-corrected chi connectivity index (χ0v) is 16.2. The van der Waals surface area contributed by atoms with Gasteiger partial charge in [-0.2, -0.15) is 0 Å². The maximum absolute atomic E-state index is 11.9. The number of hydrogen-bond donors (Lipinski definition) is 3. The van der Waals surface area contributed by atoms with Gasteiger partial charge in [-0.1, -0.05) is 19.3 Å². The maximum atomic E-state index is 11.9. The zero-order chi connectivity index (χ0) is 15.3. The molecule has 130 valence electrons. The van der Waals surface area contributed by atoms with E-state index in [2.05, 4.69) is 20.9 Å². The van der Waals surface area contributed by atoms with Crippen LogP contribution < -0.4 is 16.0 Å². The summed E-state index contributed by atoms with van der Waals surface area (Å²) in [5.41, 5.74) is 0. The van der Waals surface area contributed by atoms with Crippen LogP contribution in [0.3, 0.4) is 0 Å². The normalized spacial score (nSPS) is 15.8. The fourth-order valence-electron chi connectivity index (χ4n) is 2.44. The summed E-state index contributed by atoms with van der Waals surface area (Å²) in [5.74, 6) is 0.699. The van der Waals surface area contributed by atoms with Crippen LogP contribution >= 0.6 is 24.0 Å². The second-order valence-corrected chi connectivity index (χ2v) is 5.31. The van der Waals surface area contributed by atoms with Gasteiger partial charge in [0.1, 0.15) is 0 Å². The molecule has 0 aromatic rings. The van der Waals surface area contributed by atoms with Crippen molar-refractivity contribution in [3.63, 3.8) is 0 Å². The smallest absolute Gasteiger partial charge is 0.239 e. The third kappa shape index (κ3) is 10.2. The number of guanidine groups is 1. The summed E-state index contributed by atoms with van der Waals surface area (Å²) in [4.78, 5) is 16.0. The van der Waals surface area contributed by atoms with Crippen molar-refractivity contribution in [2.75, 3.05) is 33.4 Å². The highest BCUT2D eigenvalue weighted by molar-refractivity contribution is 14.0. The highest BCUT2D eigenvalue weighted by Crippen LogP contribution is 2.16. The Kier molecular flexibility index (Phi) is 13.7. The molecule has 0 radical (unpaired) electrons. The van der Waals surface area contributed by atoms with Crippen LogP contribution in [0.15, 0.2) is 4.99 Å². The van der Waals surface area contributed by atoms with E-state index >= 15 is 0 Å². The van der Waals surface area contributed by atoms with Crippen LogP contribution in [0.5, 0.6) is 0 Å². The molecule has 0 saturated heterocycles. The quantitative estimate of drug-likeness (QED) is 0.239. The number of ether oxygens (including phenoxy) is 1. The first-order chi connectivity index (χ1) is 10.3. The van der Waals surface area contributed by atoms with Crippen molar-refractivity contribution in [3.8, 4) is 0 Å². The standard InChI is InChI=1S/C15H30N4O2.HI/c1-3-21-11-7-10-17-15(16-2)18-12-14(20)19-13-8-5-4-6-9-13;/h13H,3-12H2,1-2H3,(H,19,20)(H2,16,17,18);1H. The molecule has 3 N–H and O–H groups in total. The molecular weight excluding hydrogens is 395 g/mol. The molecule has 0 aromatic carbocycles. The van der Waals surface area contributed by atoms with E-state index in [-0.39, 0.29) is 36.4 Å². The van der Waals surface area contributed by atoms with Gasteiger partial charge < -0.3 is 20.7 Å². The monoisotopic (exact) mass is 426 g/mol. The Morgan fingerprint density at radius 1 is 1.23 bits per heavy atom. The Morgan fingerprint density at radius 2 is 1.95 bits per heavy atom. The number of nitrogens with zero attached hydrogens (tertiary/aromatic N) is 1. The predicted molar refractivity (Wildman–Crippen MR) is 101 cm³/mol. The minimum atomic E-state index is 0. The highest BCUT2D eigenvalue weighted by atomic mass is 127. The van der Waals surface area contributed by atoms with Crippen LogP contribution in [-0.2, 0) is 9.53 Å². The Labute approximate surface area is 151 Å². The van der Waals surface area contributed by atoms with Crippen LogP contribution in [0.1, 0.15) is 45.4 Å². The number of carbonyl (C=O) groups is 1. The fourth-order valence-corrected chi connectivity index (χ4v) is 2.44.